The first-order valence-electron chi connectivity index (χ1n) is 25.0. The minimum absolute atomic E-state index is 0.137. The molecule has 362 valence electrons. The monoisotopic (exact) mass is 898 g/mol. The maximum absolute atomic E-state index is 12.7. The van der Waals surface area contributed by atoms with E-state index in [1.807, 2.05) is 0 Å². The summed E-state index contributed by atoms with van der Waals surface area (Å²) < 4.78 is 32.8. The summed E-state index contributed by atoms with van der Waals surface area (Å²) in [6, 6.07) is -1.52. The molecule has 0 aromatic rings. The van der Waals surface area contributed by atoms with Gasteiger partial charge in [0.15, 0.2) is 6.10 Å². The highest BCUT2D eigenvalue weighted by molar-refractivity contribution is 7.47. The zero-order chi connectivity index (χ0) is 45.6. The second-order valence-corrected chi connectivity index (χ2v) is 18.4. The quantitative estimate of drug-likeness (QED) is 0.0230. The first-order valence-corrected chi connectivity index (χ1v) is 26.5. The maximum atomic E-state index is 12.7. The SMILES string of the molecule is CCCCC/C=C/C/C=C/C/C=C/CCCCCCC(=O)O[C@H](COC(=O)CCCCCCCCCCCCCCCCCCCCCCC)COP(=O)(O)OC[C@H](N)C(=O)O. The highest BCUT2D eigenvalue weighted by atomic mass is 31.2. The molecule has 1 unspecified atom stereocenters. The number of aliphatic carboxylic acids is 1. The van der Waals surface area contributed by atoms with Crippen molar-refractivity contribution in [1.82, 2.24) is 0 Å². The number of hydrogen-bond donors (Lipinski definition) is 3. The van der Waals surface area contributed by atoms with Gasteiger partial charge in [-0.05, 0) is 51.4 Å². The van der Waals surface area contributed by atoms with Gasteiger partial charge in [-0.15, -0.1) is 0 Å². The number of carbonyl (C=O) groups is 3. The fourth-order valence-corrected chi connectivity index (χ4v) is 7.73. The smallest absolute Gasteiger partial charge is 0.472 e. The molecule has 62 heavy (non-hydrogen) atoms. The van der Waals surface area contributed by atoms with E-state index in [2.05, 4.69) is 54.8 Å². The number of nitrogens with two attached hydrogens (primary N) is 1. The Hall–Kier alpha value is -2.30. The maximum Gasteiger partial charge on any atom is 0.472 e. The van der Waals surface area contributed by atoms with Crippen molar-refractivity contribution in [3.63, 3.8) is 0 Å². The molecular formula is C50H92NO10P. The largest absolute Gasteiger partial charge is 0.480 e. The van der Waals surface area contributed by atoms with Crippen molar-refractivity contribution in [2.75, 3.05) is 19.8 Å². The lowest BCUT2D eigenvalue weighted by atomic mass is 10.0. The summed E-state index contributed by atoms with van der Waals surface area (Å²) in [7, 11) is -4.73. The minimum atomic E-state index is -4.73. The Bertz CT molecular complexity index is 1190. The fraction of sp³-hybridized carbons (Fsp3) is 0.820. The van der Waals surface area contributed by atoms with E-state index in [4.69, 9.17) is 24.8 Å². The number of allylic oxidation sites excluding steroid dienone is 6. The van der Waals surface area contributed by atoms with Crippen molar-refractivity contribution in [2.24, 2.45) is 5.73 Å². The van der Waals surface area contributed by atoms with Gasteiger partial charge in [0.25, 0.3) is 0 Å². The Morgan fingerprint density at radius 2 is 0.855 bits per heavy atom. The van der Waals surface area contributed by atoms with E-state index >= 15 is 0 Å². The minimum Gasteiger partial charge on any atom is -0.480 e. The molecule has 0 saturated heterocycles. The summed E-state index contributed by atoms with van der Waals surface area (Å²) in [6.07, 6.45) is 50.6. The van der Waals surface area contributed by atoms with Crippen LogP contribution in [-0.4, -0.2) is 59.9 Å². The average Bonchev–Trinajstić information content (AvgIpc) is 3.25. The molecule has 0 amide bonds. The van der Waals surface area contributed by atoms with Gasteiger partial charge in [0.05, 0.1) is 13.2 Å². The molecule has 0 aliphatic rings. The molecule has 0 radical (unpaired) electrons. The summed E-state index contributed by atoms with van der Waals surface area (Å²) in [6.45, 7) is 2.79. The second kappa shape index (κ2) is 45.3. The molecule has 12 heteroatoms. The Labute approximate surface area is 378 Å². The first-order chi connectivity index (χ1) is 30.1. The number of esters is 2. The predicted molar refractivity (Wildman–Crippen MR) is 254 cm³/mol. The van der Waals surface area contributed by atoms with E-state index in [0.29, 0.717) is 12.8 Å². The average molecular weight is 898 g/mol. The third-order valence-electron chi connectivity index (χ3n) is 10.9. The van der Waals surface area contributed by atoms with Crippen LogP contribution in [0.3, 0.4) is 0 Å². The Balaban J connectivity index is 4.26. The molecule has 0 aromatic heterocycles. The molecule has 0 heterocycles. The molecule has 3 atom stereocenters. The molecule has 0 bridgehead atoms. The van der Waals surface area contributed by atoms with Crippen molar-refractivity contribution in [1.29, 1.82) is 0 Å². The van der Waals surface area contributed by atoms with Gasteiger partial charge in [-0.3, -0.25) is 23.4 Å². The zero-order valence-electron chi connectivity index (χ0n) is 39.5. The highest BCUT2D eigenvalue weighted by Crippen LogP contribution is 2.43. The number of unbranched alkanes of at least 4 members (excludes halogenated alkanes) is 27. The molecule has 0 saturated carbocycles. The van der Waals surface area contributed by atoms with Crippen molar-refractivity contribution in [3.8, 4) is 0 Å². The van der Waals surface area contributed by atoms with E-state index < -0.39 is 51.1 Å². The lowest BCUT2D eigenvalue weighted by Gasteiger charge is -2.20. The van der Waals surface area contributed by atoms with Crippen LogP contribution in [0.2, 0.25) is 0 Å². The molecular weight excluding hydrogens is 806 g/mol. The van der Waals surface area contributed by atoms with Gasteiger partial charge >= 0.3 is 25.7 Å². The molecule has 0 spiro atoms. The normalized spacial score (nSPS) is 13.9. The Kier molecular flexibility index (Phi) is 43.6. The molecule has 0 aromatic carbocycles. The summed E-state index contributed by atoms with van der Waals surface area (Å²) in [5.41, 5.74) is 5.35. The van der Waals surface area contributed by atoms with Gasteiger partial charge in [0.2, 0.25) is 0 Å². The van der Waals surface area contributed by atoms with E-state index in [0.717, 1.165) is 64.2 Å². The molecule has 0 fully saturated rings. The van der Waals surface area contributed by atoms with Gasteiger partial charge < -0.3 is 25.2 Å². The van der Waals surface area contributed by atoms with Crippen LogP contribution in [-0.2, 0) is 37.5 Å². The van der Waals surface area contributed by atoms with Gasteiger partial charge in [-0.1, -0.05) is 204 Å². The van der Waals surface area contributed by atoms with Crippen LogP contribution in [0.5, 0.6) is 0 Å². The van der Waals surface area contributed by atoms with Crippen LogP contribution in [0.15, 0.2) is 36.5 Å². The van der Waals surface area contributed by atoms with Gasteiger partial charge in [-0.25, -0.2) is 4.57 Å². The first kappa shape index (κ1) is 59.7. The number of phosphoric ester groups is 1. The number of rotatable bonds is 47. The van der Waals surface area contributed by atoms with Crippen LogP contribution in [0.25, 0.3) is 0 Å². The third-order valence-corrected chi connectivity index (χ3v) is 11.8. The number of hydrogen-bond acceptors (Lipinski definition) is 9. The van der Waals surface area contributed by atoms with E-state index in [1.165, 1.54) is 128 Å². The molecule has 0 aliphatic heterocycles. The van der Waals surface area contributed by atoms with Crippen molar-refractivity contribution >= 4 is 25.7 Å². The molecule has 0 aliphatic carbocycles. The standard InChI is InChI=1S/C50H92NO10P/c1-3-5-7-9-11-13-15-17-19-21-22-23-24-26-27-29-31-33-35-37-39-41-48(52)58-43-46(44-59-62(56,57)60-45-47(51)50(54)55)61-49(53)42-40-38-36-34-32-30-28-25-20-18-16-14-12-10-8-6-4-2/h12,14,18,20,28,30,46-47H,3-11,13,15-17,19,21-27,29,31-45,51H2,1-2H3,(H,54,55)(H,56,57)/b14-12+,20-18+,30-28+/t46-,47+/m1/s1. The van der Waals surface area contributed by atoms with Gasteiger partial charge in [0.1, 0.15) is 12.6 Å². The predicted octanol–water partition coefficient (Wildman–Crippen LogP) is 14.0. The van der Waals surface area contributed by atoms with Gasteiger partial charge in [0, 0.05) is 12.8 Å². The number of ether oxygens (including phenoxy) is 2. The third kappa shape index (κ3) is 44.3. The number of carboxylic acids is 1. The van der Waals surface area contributed by atoms with Crippen LogP contribution < -0.4 is 5.73 Å². The van der Waals surface area contributed by atoms with Crippen molar-refractivity contribution in [2.45, 2.75) is 244 Å². The van der Waals surface area contributed by atoms with Crippen LogP contribution >= 0.6 is 7.82 Å². The van der Waals surface area contributed by atoms with Gasteiger partial charge in [-0.2, -0.15) is 0 Å². The lowest BCUT2D eigenvalue weighted by molar-refractivity contribution is -0.161. The van der Waals surface area contributed by atoms with Crippen molar-refractivity contribution in [3.05, 3.63) is 36.5 Å². The van der Waals surface area contributed by atoms with Crippen LogP contribution in [0.4, 0.5) is 0 Å². The highest BCUT2D eigenvalue weighted by Gasteiger charge is 2.28. The fourth-order valence-electron chi connectivity index (χ4n) is 6.96. The molecule has 4 N–H and O–H groups in total. The number of carbonyl (C=O) groups excluding carboxylic acids is 2. The Morgan fingerprint density at radius 3 is 1.31 bits per heavy atom. The summed E-state index contributed by atoms with van der Waals surface area (Å²) in [5.74, 6) is -2.39. The lowest BCUT2D eigenvalue weighted by Crippen LogP contribution is -2.34. The summed E-state index contributed by atoms with van der Waals surface area (Å²) in [5, 5.41) is 8.91. The number of phosphoric acid groups is 1. The van der Waals surface area contributed by atoms with Crippen LogP contribution in [0, 0.1) is 0 Å². The molecule has 11 nitrogen and oxygen atoms in total. The molecule has 0 rings (SSSR count). The van der Waals surface area contributed by atoms with E-state index in [1.54, 1.807) is 0 Å². The van der Waals surface area contributed by atoms with Crippen molar-refractivity contribution < 1.29 is 47.5 Å². The summed E-state index contributed by atoms with van der Waals surface area (Å²) >= 11 is 0. The summed E-state index contributed by atoms with van der Waals surface area (Å²) in [4.78, 5) is 46.1. The zero-order valence-corrected chi connectivity index (χ0v) is 40.4. The van der Waals surface area contributed by atoms with E-state index in [-0.39, 0.29) is 19.4 Å². The second-order valence-electron chi connectivity index (χ2n) is 17.0. The van der Waals surface area contributed by atoms with E-state index in [9.17, 15) is 23.8 Å². The Morgan fingerprint density at radius 1 is 0.500 bits per heavy atom. The topological polar surface area (TPSA) is 172 Å². The number of carboxylic acid groups (broad SMARTS) is 1. The van der Waals surface area contributed by atoms with Crippen LogP contribution in [0.1, 0.15) is 232 Å².